The van der Waals surface area contributed by atoms with E-state index in [1.165, 1.54) is 10.8 Å². The van der Waals surface area contributed by atoms with Gasteiger partial charge in [-0.15, -0.1) is 0 Å². The van der Waals surface area contributed by atoms with E-state index in [-0.39, 0.29) is 23.2 Å². The molecule has 3 aliphatic rings. The van der Waals surface area contributed by atoms with Crippen molar-refractivity contribution in [2.45, 2.75) is 83.4 Å². The molecule has 2 aromatic carbocycles. The molecule has 1 aliphatic carbocycles. The highest BCUT2D eigenvalue weighted by Gasteiger charge is 2.60. The molecule has 168 valence electrons. The summed E-state index contributed by atoms with van der Waals surface area (Å²) in [6.07, 6.45) is 4.16. The smallest absolute Gasteiger partial charge is 0.216 e. The minimum Gasteiger partial charge on any atom is -0.371 e. The second kappa shape index (κ2) is 7.33. The summed E-state index contributed by atoms with van der Waals surface area (Å²) in [5, 5.41) is 5.55. The minimum absolute atomic E-state index is 0.0515. The Bertz CT molecular complexity index is 1020. The number of nitrogens with one attached hydrogen (secondary N) is 1. The summed E-state index contributed by atoms with van der Waals surface area (Å²) in [5.74, 6) is 0.654. The maximum absolute atomic E-state index is 13.7. The lowest BCUT2D eigenvalue weighted by molar-refractivity contribution is -0.0912. The van der Waals surface area contributed by atoms with Gasteiger partial charge in [0.1, 0.15) is 5.28 Å². The van der Waals surface area contributed by atoms with Gasteiger partial charge in [0, 0.05) is 5.69 Å². The lowest BCUT2D eigenvalue weighted by Gasteiger charge is -2.48. The topological polar surface area (TPSA) is 47.6 Å². The van der Waals surface area contributed by atoms with E-state index in [1.54, 1.807) is 0 Å². The van der Waals surface area contributed by atoms with Crippen molar-refractivity contribution in [3.8, 4) is 0 Å². The van der Waals surface area contributed by atoms with E-state index in [4.69, 9.17) is 9.26 Å². The first-order chi connectivity index (χ1) is 14.6. The zero-order chi connectivity index (χ0) is 22.0. The monoisotopic (exact) mass is 441 g/mol. The molecule has 1 saturated carbocycles. The molecular weight excluding hydrogens is 405 g/mol. The van der Waals surface area contributed by atoms with Crippen molar-refractivity contribution in [3.63, 3.8) is 0 Å². The predicted octanol–water partition coefficient (Wildman–Crippen LogP) is 6.85. The first-order valence-electron chi connectivity index (χ1n) is 11.7. The Hall–Kier alpha value is -1.35. The third-order valence-electron chi connectivity index (χ3n) is 7.93. The van der Waals surface area contributed by atoms with Crippen molar-refractivity contribution in [1.82, 2.24) is 0 Å². The first-order valence-corrected chi connectivity index (χ1v) is 13.0. The molecule has 3 fully saturated rings. The van der Waals surface area contributed by atoms with E-state index in [1.807, 2.05) is 0 Å². The summed E-state index contributed by atoms with van der Waals surface area (Å²) in [4.78, 5) is 0. The van der Waals surface area contributed by atoms with Gasteiger partial charge in [-0.3, -0.25) is 4.57 Å². The number of rotatable bonds is 3. The van der Waals surface area contributed by atoms with Gasteiger partial charge in [-0.25, -0.2) is 0 Å². The molecule has 6 atom stereocenters. The second-order valence-corrected chi connectivity index (χ2v) is 13.4. The van der Waals surface area contributed by atoms with E-state index in [0.29, 0.717) is 11.8 Å². The Balaban J connectivity index is 1.46. The van der Waals surface area contributed by atoms with Crippen LogP contribution < -0.4 is 5.32 Å². The number of benzene rings is 2. The molecule has 2 heterocycles. The van der Waals surface area contributed by atoms with Crippen LogP contribution in [0.2, 0.25) is 0 Å². The summed E-state index contributed by atoms with van der Waals surface area (Å²) in [5.41, 5.74) is 1.12. The van der Waals surface area contributed by atoms with Crippen molar-refractivity contribution in [2.75, 3.05) is 5.32 Å². The van der Waals surface area contributed by atoms with Crippen molar-refractivity contribution in [1.29, 1.82) is 0 Å². The third kappa shape index (κ3) is 3.86. The number of hydrogen-bond donors (Lipinski definition) is 1. The highest BCUT2D eigenvalue weighted by molar-refractivity contribution is 7.41. The molecule has 5 rings (SSSR count). The van der Waals surface area contributed by atoms with Crippen LogP contribution in [-0.2, 0) is 13.8 Å². The van der Waals surface area contributed by atoms with Crippen LogP contribution in [-0.4, -0.2) is 23.1 Å². The second-order valence-electron chi connectivity index (χ2n) is 11.6. The number of ether oxygens (including phenoxy) is 1. The van der Waals surface area contributed by atoms with Gasteiger partial charge in [0.2, 0.25) is 8.03 Å². The summed E-state index contributed by atoms with van der Waals surface area (Å²) >= 11 is 0. The van der Waals surface area contributed by atoms with Crippen LogP contribution in [0.1, 0.15) is 60.3 Å². The quantitative estimate of drug-likeness (QED) is 0.529. The van der Waals surface area contributed by atoms with Crippen LogP contribution in [0.15, 0.2) is 42.5 Å². The van der Waals surface area contributed by atoms with E-state index < -0.39 is 13.3 Å². The molecule has 0 aromatic heterocycles. The van der Waals surface area contributed by atoms with Crippen LogP contribution in [0.3, 0.4) is 0 Å². The molecule has 0 radical (unpaired) electrons. The average molecular weight is 442 g/mol. The molecule has 31 heavy (non-hydrogen) atoms. The van der Waals surface area contributed by atoms with E-state index >= 15 is 0 Å². The van der Waals surface area contributed by atoms with Crippen LogP contribution in [0.25, 0.3) is 10.8 Å². The van der Waals surface area contributed by atoms with Crippen molar-refractivity contribution < 1.29 is 13.8 Å². The molecular formula is C26H36NO3P. The summed E-state index contributed by atoms with van der Waals surface area (Å²) in [7, 11) is -2.35. The Morgan fingerprint density at radius 2 is 1.74 bits per heavy atom. The fourth-order valence-corrected chi connectivity index (χ4v) is 8.07. The number of anilines is 1. The predicted molar refractivity (Wildman–Crippen MR) is 128 cm³/mol. The van der Waals surface area contributed by atoms with E-state index in [2.05, 4.69) is 82.4 Å². The molecule has 2 aliphatic heterocycles. The number of fused-ring (bicyclic) bond motifs is 2. The third-order valence-corrected chi connectivity index (χ3v) is 9.76. The molecule has 2 saturated heterocycles. The van der Waals surface area contributed by atoms with Crippen LogP contribution in [0, 0.1) is 17.3 Å². The standard InChI is InChI=1S/C26H36NO3P/c1-24(2)15-20-21(16-24)26(5,27-19-11-10-17-8-6-7-9-18(17)14-19)31(28)30-23(20)22-12-13-25(3,4)29-22/h6-11,14,20-23,27,31H,12-13,15-16H2,1-5H3. The van der Waals surface area contributed by atoms with Gasteiger partial charge in [0.25, 0.3) is 0 Å². The molecule has 6 unspecified atom stereocenters. The van der Waals surface area contributed by atoms with Gasteiger partial charge in [-0.2, -0.15) is 0 Å². The fourth-order valence-electron chi connectivity index (χ4n) is 6.38. The van der Waals surface area contributed by atoms with E-state index in [9.17, 15) is 4.57 Å². The van der Waals surface area contributed by atoms with Gasteiger partial charge in [-0.1, -0.05) is 44.2 Å². The van der Waals surface area contributed by atoms with Crippen molar-refractivity contribution in [2.24, 2.45) is 17.3 Å². The summed E-state index contributed by atoms with van der Waals surface area (Å²) in [6.45, 7) is 11.1. The normalized spacial score (nSPS) is 38.8. The largest absolute Gasteiger partial charge is 0.371 e. The molecule has 4 nitrogen and oxygen atoms in total. The van der Waals surface area contributed by atoms with Gasteiger partial charge >= 0.3 is 0 Å². The zero-order valence-electron chi connectivity index (χ0n) is 19.4. The molecule has 5 heteroatoms. The Labute approximate surface area is 187 Å². The lowest BCUT2D eigenvalue weighted by atomic mass is 9.82. The molecule has 0 bridgehead atoms. The highest BCUT2D eigenvalue weighted by Crippen LogP contribution is 2.64. The fraction of sp³-hybridized carbons (Fsp3) is 0.615. The Morgan fingerprint density at radius 3 is 2.45 bits per heavy atom. The molecule has 0 spiro atoms. The van der Waals surface area contributed by atoms with Gasteiger partial charge in [0.15, 0.2) is 0 Å². The van der Waals surface area contributed by atoms with Crippen molar-refractivity contribution >= 4 is 24.5 Å². The first kappa shape index (κ1) is 21.5. The Kier molecular flexibility index (Phi) is 5.08. The number of hydrogen-bond acceptors (Lipinski definition) is 4. The average Bonchev–Trinajstić information content (AvgIpc) is 3.23. The highest BCUT2D eigenvalue weighted by atomic mass is 31.1. The maximum atomic E-state index is 13.7. The van der Waals surface area contributed by atoms with E-state index in [0.717, 1.165) is 31.4 Å². The van der Waals surface area contributed by atoms with Crippen LogP contribution in [0.5, 0.6) is 0 Å². The van der Waals surface area contributed by atoms with Crippen molar-refractivity contribution in [3.05, 3.63) is 42.5 Å². The van der Waals surface area contributed by atoms with Gasteiger partial charge in [0.05, 0.1) is 17.8 Å². The molecule has 0 amide bonds. The summed E-state index contributed by atoms with van der Waals surface area (Å²) < 4.78 is 26.5. The SMILES string of the molecule is CC1(C)CC2C(C3CCC(C)(C)O3)O[PH](=O)C(C)(Nc3ccc4ccccc4c3)C2C1. The maximum Gasteiger partial charge on any atom is 0.216 e. The van der Waals surface area contributed by atoms with Gasteiger partial charge < -0.3 is 14.6 Å². The minimum atomic E-state index is -2.35. The van der Waals surface area contributed by atoms with Crippen LogP contribution in [0.4, 0.5) is 5.69 Å². The zero-order valence-corrected chi connectivity index (χ0v) is 20.4. The summed E-state index contributed by atoms with van der Waals surface area (Å²) in [6, 6.07) is 14.8. The lowest BCUT2D eigenvalue weighted by Crippen LogP contribution is -2.52. The van der Waals surface area contributed by atoms with Crippen LogP contribution >= 0.6 is 8.03 Å². The molecule has 2 aromatic rings. The Morgan fingerprint density at radius 1 is 1.00 bits per heavy atom. The van der Waals surface area contributed by atoms with Gasteiger partial charge in [-0.05, 0) is 86.6 Å². The molecule has 1 N–H and O–H groups in total.